The van der Waals surface area contributed by atoms with Crippen LogP contribution >= 0.6 is 0 Å². The smallest absolute Gasteiger partial charge is 0.227 e. The highest BCUT2D eigenvalue weighted by molar-refractivity contribution is 5.84. The monoisotopic (exact) mass is 370 g/mol. The normalized spacial score (nSPS) is 21.1. The van der Waals surface area contributed by atoms with Crippen LogP contribution in [0.4, 0.5) is 5.82 Å². The van der Waals surface area contributed by atoms with Gasteiger partial charge in [0.2, 0.25) is 11.8 Å². The molecular formula is C19H26N6O2. The number of likely N-dealkylation sites (tertiary alicyclic amines) is 1. The van der Waals surface area contributed by atoms with Crippen molar-refractivity contribution in [3.05, 3.63) is 24.5 Å². The number of hydrogen-bond donors (Lipinski definition) is 0. The van der Waals surface area contributed by atoms with Crippen molar-refractivity contribution >= 4 is 23.3 Å². The third kappa shape index (κ3) is 3.61. The second-order valence-corrected chi connectivity index (χ2v) is 7.31. The highest BCUT2D eigenvalue weighted by atomic mass is 16.2. The molecular weight excluding hydrogens is 344 g/mol. The fourth-order valence-electron chi connectivity index (χ4n) is 3.99. The number of aromatic nitrogens is 3. The van der Waals surface area contributed by atoms with E-state index in [2.05, 4.69) is 21.9 Å². The van der Waals surface area contributed by atoms with Crippen LogP contribution in [0.2, 0.25) is 0 Å². The van der Waals surface area contributed by atoms with Gasteiger partial charge in [-0.15, -0.1) is 5.10 Å². The second kappa shape index (κ2) is 7.54. The number of carbonyl (C=O) groups is 2. The molecule has 2 aliphatic rings. The Kier molecular flexibility index (Phi) is 4.96. The Morgan fingerprint density at radius 1 is 1.22 bits per heavy atom. The Bertz CT molecular complexity index is 826. The molecule has 0 aliphatic carbocycles. The van der Waals surface area contributed by atoms with Crippen LogP contribution in [-0.4, -0.2) is 75.5 Å². The average Bonchev–Trinajstić information content (AvgIpc) is 3.17. The first kappa shape index (κ1) is 17.8. The molecule has 0 bridgehead atoms. The molecule has 2 fully saturated rings. The number of hydrogen-bond acceptors (Lipinski definition) is 5. The van der Waals surface area contributed by atoms with E-state index in [9.17, 15) is 9.59 Å². The van der Waals surface area contributed by atoms with Crippen molar-refractivity contribution < 1.29 is 9.59 Å². The zero-order valence-electron chi connectivity index (χ0n) is 15.8. The maximum atomic E-state index is 12.9. The van der Waals surface area contributed by atoms with E-state index in [-0.39, 0.29) is 17.7 Å². The number of nitrogens with zero attached hydrogens (tertiary/aromatic N) is 6. The number of anilines is 1. The lowest BCUT2D eigenvalue weighted by Crippen LogP contribution is -2.53. The summed E-state index contributed by atoms with van der Waals surface area (Å²) in [5, 5.41) is 4.59. The third-order valence-electron chi connectivity index (χ3n) is 5.50. The minimum Gasteiger partial charge on any atom is -0.352 e. The highest BCUT2D eigenvalue weighted by Gasteiger charge is 2.33. The van der Waals surface area contributed by atoms with Crippen molar-refractivity contribution in [2.75, 3.05) is 44.2 Å². The molecule has 8 heteroatoms. The van der Waals surface area contributed by atoms with Gasteiger partial charge in [-0.2, -0.15) is 0 Å². The average molecular weight is 370 g/mol. The lowest BCUT2D eigenvalue weighted by Gasteiger charge is -2.39. The molecule has 0 N–H and O–H groups in total. The maximum absolute atomic E-state index is 12.9. The lowest BCUT2D eigenvalue weighted by atomic mass is 9.95. The molecule has 0 aromatic carbocycles. The largest absolute Gasteiger partial charge is 0.352 e. The van der Waals surface area contributed by atoms with E-state index >= 15 is 0 Å². The first-order valence-electron chi connectivity index (χ1n) is 9.77. The Labute approximate surface area is 158 Å². The van der Waals surface area contributed by atoms with E-state index in [1.165, 1.54) is 0 Å². The molecule has 2 aromatic heterocycles. The van der Waals surface area contributed by atoms with Gasteiger partial charge in [0.1, 0.15) is 5.82 Å². The molecule has 1 atom stereocenters. The Balaban J connectivity index is 1.35. The quantitative estimate of drug-likeness (QED) is 0.804. The molecule has 2 aromatic rings. The summed E-state index contributed by atoms with van der Waals surface area (Å²) < 4.78 is 1.77. The van der Waals surface area contributed by atoms with Crippen LogP contribution in [0.1, 0.15) is 26.2 Å². The predicted octanol–water partition coefficient (Wildman–Crippen LogP) is 1.03. The fourth-order valence-corrected chi connectivity index (χ4v) is 3.99. The van der Waals surface area contributed by atoms with E-state index in [0.29, 0.717) is 32.5 Å². The summed E-state index contributed by atoms with van der Waals surface area (Å²) in [6, 6.07) is 3.94. The van der Waals surface area contributed by atoms with E-state index in [1.54, 1.807) is 10.7 Å². The van der Waals surface area contributed by atoms with Gasteiger partial charge in [-0.25, -0.2) is 9.50 Å². The molecule has 2 amide bonds. The Hall–Kier alpha value is -2.64. The molecule has 4 heterocycles. The van der Waals surface area contributed by atoms with E-state index in [0.717, 1.165) is 37.5 Å². The third-order valence-corrected chi connectivity index (χ3v) is 5.50. The van der Waals surface area contributed by atoms with Crippen LogP contribution in [0.5, 0.6) is 0 Å². The lowest BCUT2D eigenvalue weighted by molar-refractivity contribution is -0.143. The summed E-state index contributed by atoms with van der Waals surface area (Å²) in [5.41, 5.74) is 0.830. The predicted molar refractivity (Wildman–Crippen MR) is 101 cm³/mol. The number of fused-ring (bicyclic) bond motifs is 1. The zero-order chi connectivity index (χ0) is 18.8. The maximum Gasteiger partial charge on any atom is 0.227 e. The highest BCUT2D eigenvalue weighted by Crippen LogP contribution is 2.22. The number of carbonyl (C=O) groups excluding carboxylic acids is 2. The summed E-state index contributed by atoms with van der Waals surface area (Å²) in [6.07, 6.45) is 5.67. The molecule has 4 rings (SSSR count). The van der Waals surface area contributed by atoms with Crippen molar-refractivity contribution in [1.82, 2.24) is 24.4 Å². The molecule has 8 nitrogen and oxygen atoms in total. The summed E-state index contributed by atoms with van der Waals surface area (Å²) in [6.45, 7) is 6.31. The van der Waals surface area contributed by atoms with Gasteiger partial charge in [0, 0.05) is 58.1 Å². The standard InChI is InChI=1S/C19H26N6O2/c1-2-8-24-14-15(3-6-18(24)26)19(27)23-12-10-22(11-13-23)17-5-4-16-20-7-9-25(16)21-17/h4-5,7,9,15H,2-3,6,8,10-14H2,1H3/t15-/m0/s1. The topological polar surface area (TPSA) is 74.1 Å². The second-order valence-electron chi connectivity index (χ2n) is 7.31. The molecule has 0 unspecified atom stereocenters. The van der Waals surface area contributed by atoms with Crippen molar-refractivity contribution in [3.8, 4) is 0 Å². The van der Waals surface area contributed by atoms with E-state index in [4.69, 9.17) is 0 Å². The number of piperidine rings is 1. The molecule has 2 aliphatic heterocycles. The van der Waals surface area contributed by atoms with Crippen molar-refractivity contribution in [1.29, 1.82) is 0 Å². The van der Waals surface area contributed by atoms with Crippen LogP contribution in [0.15, 0.2) is 24.5 Å². The molecule has 27 heavy (non-hydrogen) atoms. The summed E-state index contributed by atoms with van der Waals surface area (Å²) >= 11 is 0. The first-order chi connectivity index (χ1) is 13.2. The number of rotatable bonds is 4. The van der Waals surface area contributed by atoms with Gasteiger partial charge in [-0.1, -0.05) is 6.92 Å². The van der Waals surface area contributed by atoms with Crippen molar-refractivity contribution in [3.63, 3.8) is 0 Å². The molecule has 0 saturated carbocycles. The van der Waals surface area contributed by atoms with Crippen molar-refractivity contribution in [2.45, 2.75) is 26.2 Å². The first-order valence-corrected chi connectivity index (χ1v) is 9.77. The Morgan fingerprint density at radius 2 is 2.04 bits per heavy atom. The summed E-state index contributed by atoms with van der Waals surface area (Å²) in [5.74, 6) is 1.24. The van der Waals surface area contributed by atoms with Gasteiger partial charge >= 0.3 is 0 Å². The van der Waals surface area contributed by atoms with Gasteiger partial charge in [-0.05, 0) is 25.0 Å². The van der Waals surface area contributed by atoms with Crippen LogP contribution < -0.4 is 4.90 Å². The van der Waals surface area contributed by atoms with Gasteiger partial charge in [0.15, 0.2) is 5.65 Å². The number of piperazine rings is 1. The van der Waals surface area contributed by atoms with Gasteiger partial charge < -0.3 is 14.7 Å². The van der Waals surface area contributed by atoms with Crippen molar-refractivity contribution in [2.24, 2.45) is 5.92 Å². The molecule has 0 spiro atoms. The van der Waals surface area contributed by atoms with Crippen LogP contribution in [0.3, 0.4) is 0 Å². The number of imidazole rings is 1. The van der Waals surface area contributed by atoms with Gasteiger partial charge in [0.25, 0.3) is 0 Å². The van der Waals surface area contributed by atoms with Crippen LogP contribution in [-0.2, 0) is 9.59 Å². The van der Waals surface area contributed by atoms with Gasteiger partial charge in [0.05, 0.1) is 5.92 Å². The minimum absolute atomic E-state index is 0.0544. The summed E-state index contributed by atoms with van der Waals surface area (Å²) in [4.78, 5) is 35.1. The fraction of sp³-hybridized carbons (Fsp3) is 0.579. The SMILES string of the molecule is CCCN1C[C@@H](C(=O)N2CCN(c3ccc4nccn4n3)CC2)CCC1=O. The van der Waals surface area contributed by atoms with Crippen LogP contribution in [0.25, 0.3) is 5.65 Å². The number of amides is 2. The summed E-state index contributed by atoms with van der Waals surface area (Å²) in [7, 11) is 0. The molecule has 0 radical (unpaired) electrons. The molecule has 144 valence electrons. The van der Waals surface area contributed by atoms with E-state index in [1.807, 2.05) is 28.1 Å². The minimum atomic E-state index is -0.0544. The molecule has 2 saturated heterocycles. The van der Waals surface area contributed by atoms with E-state index < -0.39 is 0 Å². The van der Waals surface area contributed by atoms with Gasteiger partial charge in [-0.3, -0.25) is 9.59 Å². The van der Waals surface area contributed by atoms with Crippen LogP contribution in [0, 0.1) is 5.92 Å². The Morgan fingerprint density at radius 3 is 2.81 bits per heavy atom. The zero-order valence-corrected chi connectivity index (χ0v) is 15.8.